The molecule has 12 nitrogen and oxygen atoms in total. The third-order valence-electron chi connectivity index (χ3n) is 3.34. The number of hydrogen-bond donors (Lipinski definition) is 2. The normalized spacial score (nSPS) is 13.3. The van der Waals surface area contributed by atoms with E-state index in [9.17, 15) is 5.26 Å². The number of hydrogen-bond acceptors (Lipinski definition) is 10. The van der Waals surface area contributed by atoms with Crippen LogP contribution >= 0.6 is 0 Å². The molecule has 0 saturated carbocycles. The SMILES string of the molecule is N#CC(=CNc1cc2c(cc1-n1cnnn1)OCCO2)c1nn[nH]n1. The van der Waals surface area contributed by atoms with Gasteiger partial charge in [-0.25, -0.2) is 0 Å². The quantitative estimate of drug-likeness (QED) is 0.618. The number of nitrogens with one attached hydrogen (secondary N) is 2. The fourth-order valence-electron chi connectivity index (χ4n) is 2.23. The summed E-state index contributed by atoms with van der Waals surface area (Å²) in [5, 5.41) is 36.8. The lowest BCUT2D eigenvalue weighted by atomic mass is 10.2. The van der Waals surface area contributed by atoms with Gasteiger partial charge in [-0.2, -0.15) is 15.2 Å². The molecule has 2 aromatic heterocycles. The standard InChI is InChI=1S/C13H10N10O2/c14-5-8(13-17-20-21-18-13)6-15-9-3-11-12(25-2-1-24-11)4-10(9)23-7-16-19-22-23/h3-4,6-7,15H,1-2H2,(H,17,18,20,21). The van der Waals surface area contributed by atoms with Crippen LogP contribution in [0.4, 0.5) is 5.69 Å². The molecule has 1 aromatic carbocycles. The molecule has 0 amide bonds. The molecule has 2 N–H and O–H groups in total. The van der Waals surface area contributed by atoms with Gasteiger partial charge in [0.25, 0.3) is 0 Å². The lowest BCUT2D eigenvalue weighted by Crippen LogP contribution is -2.16. The van der Waals surface area contributed by atoms with Crippen LogP contribution in [0.5, 0.6) is 11.5 Å². The Bertz CT molecular complexity index is 942. The summed E-state index contributed by atoms with van der Waals surface area (Å²) in [6.07, 6.45) is 2.91. The van der Waals surface area contributed by atoms with Crippen LogP contribution in [-0.4, -0.2) is 54.0 Å². The fraction of sp³-hybridized carbons (Fsp3) is 0.154. The highest BCUT2D eigenvalue weighted by Crippen LogP contribution is 2.37. The number of tetrazole rings is 2. The van der Waals surface area contributed by atoms with Gasteiger partial charge in [-0.1, -0.05) is 0 Å². The molecule has 3 aromatic rings. The van der Waals surface area contributed by atoms with Crippen molar-refractivity contribution in [2.24, 2.45) is 0 Å². The number of anilines is 1. The second-order valence-corrected chi connectivity index (χ2v) is 4.82. The predicted octanol–water partition coefficient (Wildman–Crippen LogP) is -0.0768. The molecule has 0 fully saturated rings. The first-order chi connectivity index (χ1) is 12.3. The van der Waals surface area contributed by atoms with Crippen molar-refractivity contribution in [1.82, 2.24) is 40.8 Å². The van der Waals surface area contributed by atoms with Crippen molar-refractivity contribution in [3.8, 4) is 23.3 Å². The summed E-state index contributed by atoms with van der Waals surface area (Å²) in [5.41, 5.74) is 1.43. The molecule has 25 heavy (non-hydrogen) atoms. The summed E-state index contributed by atoms with van der Waals surface area (Å²) in [7, 11) is 0. The Labute approximate surface area is 140 Å². The molecule has 1 aliphatic rings. The van der Waals surface area contributed by atoms with Gasteiger partial charge in [0.05, 0.1) is 11.4 Å². The van der Waals surface area contributed by atoms with Gasteiger partial charge in [-0.05, 0) is 15.6 Å². The summed E-state index contributed by atoms with van der Waals surface area (Å²) in [6, 6.07) is 5.50. The van der Waals surface area contributed by atoms with Gasteiger partial charge in [-0.15, -0.1) is 15.3 Å². The summed E-state index contributed by atoms with van der Waals surface area (Å²) in [5.74, 6) is 1.35. The van der Waals surface area contributed by atoms with E-state index < -0.39 is 0 Å². The number of aromatic nitrogens is 8. The monoisotopic (exact) mass is 338 g/mol. The average Bonchev–Trinajstić information content (AvgIpc) is 3.35. The van der Waals surface area contributed by atoms with Crippen molar-refractivity contribution in [2.75, 3.05) is 18.5 Å². The molecule has 0 spiro atoms. The third-order valence-corrected chi connectivity index (χ3v) is 3.34. The van der Waals surface area contributed by atoms with Gasteiger partial charge in [0.2, 0.25) is 5.82 Å². The molecule has 1 aliphatic heterocycles. The van der Waals surface area contributed by atoms with Crippen LogP contribution in [-0.2, 0) is 0 Å². The maximum atomic E-state index is 9.26. The highest BCUT2D eigenvalue weighted by Gasteiger charge is 2.17. The number of ether oxygens (including phenoxy) is 2. The van der Waals surface area contributed by atoms with E-state index in [1.165, 1.54) is 17.2 Å². The smallest absolute Gasteiger partial charge is 0.216 e. The van der Waals surface area contributed by atoms with E-state index in [-0.39, 0.29) is 11.4 Å². The minimum Gasteiger partial charge on any atom is -0.486 e. The zero-order valence-electron chi connectivity index (χ0n) is 12.6. The summed E-state index contributed by atoms with van der Waals surface area (Å²) >= 11 is 0. The maximum Gasteiger partial charge on any atom is 0.216 e. The number of nitrogens with zero attached hydrogens (tertiary/aromatic N) is 8. The number of rotatable bonds is 4. The van der Waals surface area contributed by atoms with E-state index in [1.807, 2.05) is 6.07 Å². The van der Waals surface area contributed by atoms with E-state index in [0.29, 0.717) is 36.1 Å². The predicted molar refractivity (Wildman–Crippen MR) is 81.5 cm³/mol. The van der Waals surface area contributed by atoms with Crippen molar-refractivity contribution in [1.29, 1.82) is 5.26 Å². The van der Waals surface area contributed by atoms with E-state index in [4.69, 9.17) is 9.47 Å². The number of allylic oxidation sites excluding steroid dienone is 1. The molecule has 4 rings (SSSR count). The van der Waals surface area contributed by atoms with E-state index in [0.717, 1.165) is 0 Å². The van der Waals surface area contributed by atoms with Gasteiger partial charge in [0.1, 0.15) is 31.2 Å². The second-order valence-electron chi connectivity index (χ2n) is 4.82. The van der Waals surface area contributed by atoms with E-state index in [2.05, 4.69) is 41.5 Å². The Morgan fingerprint density at radius 2 is 2.16 bits per heavy atom. The second kappa shape index (κ2) is 6.24. The number of fused-ring (bicyclic) bond motifs is 1. The zero-order chi connectivity index (χ0) is 17.1. The zero-order valence-corrected chi connectivity index (χ0v) is 12.6. The molecule has 124 valence electrons. The minimum absolute atomic E-state index is 0.177. The number of benzene rings is 1. The van der Waals surface area contributed by atoms with Crippen molar-refractivity contribution in [3.63, 3.8) is 0 Å². The molecule has 3 heterocycles. The molecule has 0 unspecified atom stereocenters. The number of nitriles is 1. The van der Waals surface area contributed by atoms with Gasteiger partial charge in [-0.3, -0.25) is 0 Å². The van der Waals surface area contributed by atoms with Gasteiger partial charge < -0.3 is 14.8 Å². The minimum atomic E-state index is 0.177. The Hall–Kier alpha value is -4.01. The number of aromatic amines is 1. The lowest BCUT2D eigenvalue weighted by molar-refractivity contribution is 0.171. The van der Waals surface area contributed by atoms with Crippen molar-refractivity contribution in [3.05, 3.63) is 30.5 Å². The average molecular weight is 338 g/mol. The van der Waals surface area contributed by atoms with Crippen LogP contribution in [0, 0.1) is 11.3 Å². The maximum absolute atomic E-state index is 9.26. The first-order valence-corrected chi connectivity index (χ1v) is 7.13. The first kappa shape index (κ1) is 14.6. The van der Waals surface area contributed by atoms with Gasteiger partial charge >= 0.3 is 0 Å². The summed E-state index contributed by atoms with van der Waals surface area (Å²) < 4.78 is 12.6. The Morgan fingerprint density at radius 1 is 1.32 bits per heavy atom. The summed E-state index contributed by atoms with van der Waals surface area (Å²) in [4.78, 5) is 0. The van der Waals surface area contributed by atoms with Crippen molar-refractivity contribution < 1.29 is 9.47 Å². The van der Waals surface area contributed by atoms with Crippen LogP contribution in [0.15, 0.2) is 24.7 Å². The van der Waals surface area contributed by atoms with Gasteiger partial charge in [0, 0.05) is 18.3 Å². The molecule has 0 bridgehead atoms. The molecule has 0 saturated heterocycles. The topological polar surface area (TPSA) is 152 Å². The number of H-pyrrole nitrogens is 1. The molecule has 0 atom stereocenters. The van der Waals surface area contributed by atoms with E-state index >= 15 is 0 Å². The third kappa shape index (κ3) is 2.81. The lowest BCUT2D eigenvalue weighted by Gasteiger charge is -2.20. The van der Waals surface area contributed by atoms with Crippen molar-refractivity contribution in [2.45, 2.75) is 0 Å². The van der Waals surface area contributed by atoms with Crippen LogP contribution in [0.1, 0.15) is 5.82 Å². The van der Waals surface area contributed by atoms with Crippen LogP contribution in [0.25, 0.3) is 11.3 Å². The molecular formula is C13H10N10O2. The first-order valence-electron chi connectivity index (χ1n) is 7.13. The van der Waals surface area contributed by atoms with Crippen LogP contribution < -0.4 is 14.8 Å². The Morgan fingerprint density at radius 3 is 2.84 bits per heavy atom. The van der Waals surface area contributed by atoms with Crippen LogP contribution in [0.3, 0.4) is 0 Å². The highest BCUT2D eigenvalue weighted by atomic mass is 16.6. The van der Waals surface area contributed by atoms with Crippen LogP contribution in [0.2, 0.25) is 0 Å². The largest absolute Gasteiger partial charge is 0.486 e. The fourth-order valence-corrected chi connectivity index (χ4v) is 2.23. The molecule has 0 aliphatic carbocycles. The Balaban J connectivity index is 1.74. The summed E-state index contributed by atoms with van der Waals surface area (Å²) in [6.45, 7) is 0.921. The molecular weight excluding hydrogens is 328 g/mol. The highest BCUT2D eigenvalue weighted by molar-refractivity contribution is 5.76. The van der Waals surface area contributed by atoms with Gasteiger partial charge in [0.15, 0.2) is 11.5 Å². The van der Waals surface area contributed by atoms with Crippen molar-refractivity contribution >= 4 is 11.3 Å². The molecule has 12 heteroatoms. The van der Waals surface area contributed by atoms with E-state index in [1.54, 1.807) is 12.1 Å². The Kier molecular flexibility index (Phi) is 3.64. The molecule has 0 radical (unpaired) electrons.